The molecule has 106 valence electrons. The van der Waals surface area contributed by atoms with Gasteiger partial charge in [0, 0.05) is 32.4 Å². The molecule has 0 aliphatic carbocycles. The Morgan fingerprint density at radius 2 is 2.00 bits per heavy atom. The number of halogens is 1. The lowest BCUT2D eigenvalue weighted by Crippen LogP contribution is -2.48. The lowest BCUT2D eigenvalue weighted by atomic mass is 10.3. The number of aromatic nitrogens is 1. The third-order valence-electron chi connectivity index (χ3n) is 3.21. The van der Waals surface area contributed by atoms with Gasteiger partial charge in [0.1, 0.15) is 10.0 Å². The summed E-state index contributed by atoms with van der Waals surface area (Å²) in [5.74, 6) is 0. The predicted molar refractivity (Wildman–Crippen MR) is 74.7 cm³/mol. The van der Waals surface area contributed by atoms with Crippen molar-refractivity contribution in [1.82, 2.24) is 14.2 Å². The molecule has 1 saturated heterocycles. The molecule has 0 bridgehead atoms. The van der Waals surface area contributed by atoms with Gasteiger partial charge in [0.2, 0.25) is 10.0 Å². The lowest BCUT2D eigenvalue weighted by Gasteiger charge is -2.33. The first kappa shape index (κ1) is 14.7. The van der Waals surface area contributed by atoms with Crippen LogP contribution in [0.5, 0.6) is 0 Å². The highest BCUT2D eigenvalue weighted by Gasteiger charge is 2.29. The minimum Gasteiger partial charge on any atom is -0.301 e. The van der Waals surface area contributed by atoms with Gasteiger partial charge in [-0.15, -0.1) is 0 Å². The summed E-state index contributed by atoms with van der Waals surface area (Å²) >= 11 is 5.88. The average molecular weight is 304 g/mol. The Labute approximate surface area is 119 Å². The third-order valence-corrected chi connectivity index (χ3v) is 5.56. The summed E-state index contributed by atoms with van der Waals surface area (Å²) in [5, 5.41) is 0.0403. The zero-order chi connectivity index (χ0) is 13.9. The molecule has 1 fully saturated rings. The largest absolute Gasteiger partial charge is 0.301 e. The van der Waals surface area contributed by atoms with Gasteiger partial charge in [-0.05, 0) is 25.1 Å². The van der Waals surface area contributed by atoms with Crippen LogP contribution < -0.4 is 0 Å². The number of nitrogens with zero attached hydrogens (tertiary/aromatic N) is 3. The molecule has 1 aliphatic rings. The number of rotatable bonds is 4. The van der Waals surface area contributed by atoms with E-state index in [1.165, 1.54) is 16.6 Å². The van der Waals surface area contributed by atoms with Crippen LogP contribution in [0.4, 0.5) is 0 Å². The predicted octanol–water partition coefficient (Wildman–Crippen LogP) is 1.45. The van der Waals surface area contributed by atoms with E-state index in [-0.39, 0.29) is 10.0 Å². The number of pyridine rings is 1. The second-order valence-electron chi connectivity index (χ2n) is 4.54. The molecule has 0 atom stereocenters. The van der Waals surface area contributed by atoms with E-state index in [9.17, 15) is 8.42 Å². The summed E-state index contributed by atoms with van der Waals surface area (Å²) in [5.41, 5.74) is 0. The van der Waals surface area contributed by atoms with Crippen LogP contribution in [0.25, 0.3) is 0 Å². The number of sulfonamides is 1. The molecule has 1 aromatic heterocycles. The Balaban J connectivity index is 2.12. The summed E-state index contributed by atoms with van der Waals surface area (Å²) in [7, 11) is -3.52. The second-order valence-corrected chi connectivity index (χ2v) is 6.80. The van der Waals surface area contributed by atoms with Crippen LogP contribution >= 0.6 is 11.6 Å². The molecule has 2 heterocycles. The molecule has 0 spiro atoms. The SMILES string of the molecule is CCCN1CCN(S(=O)(=O)c2cccnc2Cl)CC1. The maximum absolute atomic E-state index is 12.5. The van der Waals surface area contributed by atoms with Crippen LogP contribution in [0.1, 0.15) is 13.3 Å². The van der Waals surface area contributed by atoms with Crippen molar-refractivity contribution in [3.8, 4) is 0 Å². The minimum atomic E-state index is -3.52. The summed E-state index contributed by atoms with van der Waals surface area (Å²) in [4.78, 5) is 6.21. The van der Waals surface area contributed by atoms with Crippen LogP contribution in [0.3, 0.4) is 0 Å². The van der Waals surface area contributed by atoms with Gasteiger partial charge in [-0.3, -0.25) is 0 Å². The first-order valence-corrected chi connectivity index (χ1v) is 8.20. The summed E-state index contributed by atoms with van der Waals surface area (Å²) < 4.78 is 26.4. The van der Waals surface area contributed by atoms with E-state index in [1.54, 1.807) is 6.07 Å². The quantitative estimate of drug-likeness (QED) is 0.790. The fraction of sp³-hybridized carbons (Fsp3) is 0.583. The van der Waals surface area contributed by atoms with Gasteiger partial charge in [-0.1, -0.05) is 18.5 Å². The summed E-state index contributed by atoms with van der Waals surface area (Å²) in [6, 6.07) is 3.09. The van der Waals surface area contributed by atoms with Gasteiger partial charge in [0.25, 0.3) is 0 Å². The Morgan fingerprint density at radius 3 is 2.58 bits per heavy atom. The van der Waals surface area contributed by atoms with E-state index in [0.29, 0.717) is 13.1 Å². The van der Waals surface area contributed by atoms with Gasteiger partial charge >= 0.3 is 0 Å². The number of piperazine rings is 1. The average Bonchev–Trinajstić information content (AvgIpc) is 2.40. The van der Waals surface area contributed by atoms with Crippen molar-refractivity contribution in [2.45, 2.75) is 18.2 Å². The Bertz CT molecular complexity index is 528. The topological polar surface area (TPSA) is 53.5 Å². The molecule has 0 unspecified atom stereocenters. The monoisotopic (exact) mass is 303 g/mol. The van der Waals surface area contributed by atoms with Crippen LogP contribution in [-0.2, 0) is 10.0 Å². The zero-order valence-electron chi connectivity index (χ0n) is 10.9. The van der Waals surface area contributed by atoms with E-state index in [0.717, 1.165) is 26.1 Å². The Morgan fingerprint density at radius 1 is 1.32 bits per heavy atom. The highest BCUT2D eigenvalue weighted by Crippen LogP contribution is 2.23. The first-order chi connectivity index (χ1) is 9.05. The maximum atomic E-state index is 12.5. The molecule has 1 aliphatic heterocycles. The standard InChI is InChI=1S/C12H18ClN3O2S/c1-2-6-15-7-9-16(10-8-15)19(17,18)11-4-3-5-14-12(11)13/h3-5H,2,6-10H2,1H3. The molecule has 0 amide bonds. The van der Waals surface area contributed by atoms with Gasteiger partial charge in [0.05, 0.1) is 0 Å². The molecule has 0 N–H and O–H groups in total. The highest BCUT2D eigenvalue weighted by atomic mass is 35.5. The van der Waals surface area contributed by atoms with Crippen molar-refractivity contribution in [3.63, 3.8) is 0 Å². The molecule has 5 nitrogen and oxygen atoms in total. The fourth-order valence-electron chi connectivity index (χ4n) is 2.21. The molecule has 7 heteroatoms. The van der Waals surface area contributed by atoms with Gasteiger partial charge in [-0.2, -0.15) is 4.31 Å². The Hall–Kier alpha value is -0.690. The molecule has 0 aromatic carbocycles. The van der Waals surface area contributed by atoms with Crippen molar-refractivity contribution in [1.29, 1.82) is 0 Å². The van der Waals surface area contributed by atoms with Crippen LogP contribution in [-0.4, -0.2) is 55.3 Å². The van der Waals surface area contributed by atoms with Crippen molar-refractivity contribution in [3.05, 3.63) is 23.5 Å². The molecule has 19 heavy (non-hydrogen) atoms. The van der Waals surface area contributed by atoms with E-state index in [2.05, 4.69) is 16.8 Å². The fourth-order valence-corrected chi connectivity index (χ4v) is 4.06. The lowest BCUT2D eigenvalue weighted by molar-refractivity contribution is 0.188. The van der Waals surface area contributed by atoms with Crippen LogP contribution in [0, 0.1) is 0 Å². The first-order valence-electron chi connectivity index (χ1n) is 6.38. The van der Waals surface area contributed by atoms with Gasteiger partial charge in [-0.25, -0.2) is 13.4 Å². The molecular weight excluding hydrogens is 286 g/mol. The molecule has 2 rings (SSSR count). The molecule has 0 radical (unpaired) electrons. The van der Waals surface area contributed by atoms with E-state index >= 15 is 0 Å². The summed E-state index contributed by atoms with van der Waals surface area (Å²) in [6.07, 6.45) is 2.57. The van der Waals surface area contributed by atoms with Crippen LogP contribution in [0.2, 0.25) is 5.15 Å². The van der Waals surface area contributed by atoms with E-state index < -0.39 is 10.0 Å². The van der Waals surface area contributed by atoms with Gasteiger partial charge < -0.3 is 4.90 Å². The van der Waals surface area contributed by atoms with Crippen molar-refractivity contribution in [2.24, 2.45) is 0 Å². The number of hydrogen-bond acceptors (Lipinski definition) is 4. The van der Waals surface area contributed by atoms with E-state index in [1.807, 2.05) is 0 Å². The molecular formula is C12H18ClN3O2S. The minimum absolute atomic E-state index is 0.0403. The van der Waals surface area contributed by atoms with Crippen molar-refractivity contribution < 1.29 is 8.42 Å². The van der Waals surface area contributed by atoms with Crippen LogP contribution in [0.15, 0.2) is 23.2 Å². The number of hydrogen-bond donors (Lipinski definition) is 0. The Kier molecular flexibility index (Phi) is 4.78. The van der Waals surface area contributed by atoms with Gasteiger partial charge in [0.15, 0.2) is 0 Å². The highest BCUT2D eigenvalue weighted by molar-refractivity contribution is 7.89. The maximum Gasteiger partial charge on any atom is 0.246 e. The molecule has 1 aromatic rings. The smallest absolute Gasteiger partial charge is 0.246 e. The third kappa shape index (κ3) is 3.25. The second kappa shape index (κ2) is 6.17. The van der Waals surface area contributed by atoms with Crippen molar-refractivity contribution >= 4 is 21.6 Å². The normalized spacial score (nSPS) is 18.6. The van der Waals surface area contributed by atoms with E-state index in [4.69, 9.17) is 11.6 Å². The van der Waals surface area contributed by atoms with Crippen molar-refractivity contribution in [2.75, 3.05) is 32.7 Å². The molecule has 0 saturated carbocycles. The summed E-state index contributed by atoms with van der Waals surface area (Å²) in [6.45, 7) is 5.69. The zero-order valence-corrected chi connectivity index (χ0v) is 12.5.